The van der Waals surface area contributed by atoms with E-state index in [1.807, 2.05) is 0 Å². The molecule has 0 aromatic carbocycles. The first kappa shape index (κ1) is 9.96. The van der Waals surface area contributed by atoms with E-state index < -0.39 is 0 Å². The van der Waals surface area contributed by atoms with E-state index in [2.05, 4.69) is 11.8 Å². The minimum Gasteiger partial charge on any atom is -0.396 e. The third kappa shape index (κ3) is 2.44. The SMILES string of the molecule is C[C@@H]1[C@H](N)CCCN1CCCO. The van der Waals surface area contributed by atoms with Gasteiger partial charge >= 0.3 is 0 Å². The van der Waals surface area contributed by atoms with Crippen LogP contribution in [0.4, 0.5) is 0 Å². The minimum atomic E-state index is 0.290. The normalized spacial score (nSPS) is 32.2. The fourth-order valence-electron chi connectivity index (χ4n) is 1.83. The van der Waals surface area contributed by atoms with Crippen molar-refractivity contribution in [2.75, 3.05) is 19.7 Å². The van der Waals surface area contributed by atoms with Gasteiger partial charge in [0, 0.05) is 25.2 Å². The summed E-state index contributed by atoms with van der Waals surface area (Å²) in [6.07, 6.45) is 3.23. The molecule has 0 aromatic heterocycles. The summed E-state index contributed by atoms with van der Waals surface area (Å²) in [5.74, 6) is 0. The van der Waals surface area contributed by atoms with Gasteiger partial charge in [-0.3, -0.25) is 4.90 Å². The monoisotopic (exact) mass is 172 g/mol. The van der Waals surface area contributed by atoms with Crippen molar-refractivity contribution in [2.24, 2.45) is 5.73 Å². The van der Waals surface area contributed by atoms with Gasteiger partial charge in [0.2, 0.25) is 0 Å². The van der Waals surface area contributed by atoms with Crippen LogP contribution in [0.25, 0.3) is 0 Å². The maximum atomic E-state index is 8.69. The Kier molecular flexibility index (Phi) is 3.98. The molecular weight excluding hydrogens is 152 g/mol. The Morgan fingerprint density at radius 2 is 2.33 bits per heavy atom. The molecule has 2 atom stereocenters. The first-order chi connectivity index (χ1) is 5.75. The highest BCUT2D eigenvalue weighted by Crippen LogP contribution is 2.15. The van der Waals surface area contributed by atoms with Crippen molar-refractivity contribution in [2.45, 2.75) is 38.3 Å². The smallest absolute Gasteiger partial charge is 0.0443 e. The lowest BCUT2D eigenvalue weighted by atomic mass is 9.98. The summed E-state index contributed by atoms with van der Waals surface area (Å²) < 4.78 is 0. The van der Waals surface area contributed by atoms with Crippen LogP contribution >= 0.6 is 0 Å². The van der Waals surface area contributed by atoms with Gasteiger partial charge in [0.1, 0.15) is 0 Å². The number of rotatable bonds is 3. The van der Waals surface area contributed by atoms with Crippen molar-refractivity contribution in [3.63, 3.8) is 0 Å². The van der Waals surface area contributed by atoms with Crippen LogP contribution < -0.4 is 5.73 Å². The Hall–Kier alpha value is -0.120. The van der Waals surface area contributed by atoms with E-state index in [9.17, 15) is 0 Å². The molecule has 0 radical (unpaired) electrons. The van der Waals surface area contributed by atoms with Gasteiger partial charge in [0.05, 0.1) is 0 Å². The average Bonchev–Trinajstić information content (AvgIpc) is 2.08. The van der Waals surface area contributed by atoms with E-state index in [1.54, 1.807) is 0 Å². The zero-order valence-electron chi connectivity index (χ0n) is 7.87. The van der Waals surface area contributed by atoms with Crippen LogP contribution in [0.15, 0.2) is 0 Å². The summed E-state index contributed by atoms with van der Waals surface area (Å²) in [5, 5.41) is 8.69. The Morgan fingerprint density at radius 3 is 3.00 bits per heavy atom. The number of nitrogens with zero attached hydrogens (tertiary/aromatic N) is 1. The van der Waals surface area contributed by atoms with Crippen molar-refractivity contribution in [3.8, 4) is 0 Å². The van der Waals surface area contributed by atoms with Crippen molar-refractivity contribution < 1.29 is 5.11 Å². The second-order valence-corrected chi connectivity index (χ2v) is 3.66. The zero-order valence-corrected chi connectivity index (χ0v) is 7.87. The average molecular weight is 172 g/mol. The van der Waals surface area contributed by atoms with E-state index in [-0.39, 0.29) is 0 Å². The van der Waals surface area contributed by atoms with Crippen LogP contribution in [0, 0.1) is 0 Å². The highest BCUT2D eigenvalue weighted by Gasteiger charge is 2.23. The summed E-state index contributed by atoms with van der Waals surface area (Å²) in [7, 11) is 0. The number of nitrogens with two attached hydrogens (primary N) is 1. The van der Waals surface area contributed by atoms with Crippen LogP contribution in [0.3, 0.4) is 0 Å². The van der Waals surface area contributed by atoms with Gasteiger partial charge in [-0.25, -0.2) is 0 Å². The second kappa shape index (κ2) is 4.80. The van der Waals surface area contributed by atoms with Crippen molar-refractivity contribution in [1.29, 1.82) is 0 Å². The zero-order chi connectivity index (χ0) is 8.97. The molecular formula is C9H20N2O. The quantitative estimate of drug-likeness (QED) is 0.638. The van der Waals surface area contributed by atoms with E-state index in [1.165, 1.54) is 6.42 Å². The van der Waals surface area contributed by atoms with Gasteiger partial charge in [-0.15, -0.1) is 0 Å². The number of hydrogen-bond donors (Lipinski definition) is 2. The first-order valence-corrected chi connectivity index (χ1v) is 4.86. The molecule has 12 heavy (non-hydrogen) atoms. The lowest BCUT2D eigenvalue weighted by Gasteiger charge is -2.37. The number of hydrogen-bond acceptors (Lipinski definition) is 3. The van der Waals surface area contributed by atoms with Crippen LogP contribution in [-0.4, -0.2) is 41.8 Å². The van der Waals surface area contributed by atoms with Gasteiger partial charge in [0.15, 0.2) is 0 Å². The molecule has 1 saturated heterocycles. The molecule has 0 amide bonds. The predicted octanol–water partition coefficient (Wildman–Crippen LogP) is 0.180. The largest absolute Gasteiger partial charge is 0.396 e. The van der Waals surface area contributed by atoms with E-state index >= 15 is 0 Å². The standard InChI is InChI=1S/C9H20N2O/c1-8-9(10)4-2-5-11(8)6-3-7-12/h8-9,12H,2-7,10H2,1H3/t8-,9-/m1/s1. The van der Waals surface area contributed by atoms with Crippen molar-refractivity contribution in [1.82, 2.24) is 4.90 Å². The fraction of sp³-hybridized carbons (Fsp3) is 1.00. The van der Waals surface area contributed by atoms with Gasteiger partial charge in [-0.05, 0) is 32.7 Å². The molecule has 0 unspecified atom stereocenters. The number of aliphatic hydroxyl groups excluding tert-OH is 1. The van der Waals surface area contributed by atoms with Crippen LogP contribution in [0.2, 0.25) is 0 Å². The van der Waals surface area contributed by atoms with E-state index in [0.717, 1.165) is 25.9 Å². The second-order valence-electron chi connectivity index (χ2n) is 3.66. The third-order valence-electron chi connectivity index (χ3n) is 2.78. The lowest BCUT2D eigenvalue weighted by Crippen LogP contribution is -2.50. The first-order valence-electron chi connectivity index (χ1n) is 4.86. The molecule has 0 bridgehead atoms. The highest BCUT2D eigenvalue weighted by molar-refractivity contribution is 4.83. The minimum absolute atomic E-state index is 0.290. The summed E-state index contributed by atoms with van der Waals surface area (Å²) in [4.78, 5) is 2.38. The Balaban J connectivity index is 2.30. The van der Waals surface area contributed by atoms with Crippen LogP contribution in [0.5, 0.6) is 0 Å². The lowest BCUT2D eigenvalue weighted by molar-refractivity contribution is 0.128. The van der Waals surface area contributed by atoms with Crippen LogP contribution in [-0.2, 0) is 0 Å². The van der Waals surface area contributed by atoms with Gasteiger partial charge in [-0.1, -0.05) is 0 Å². The molecule has 0 saturated carbocycles. The molecule has 3 nitrogen and oxygen atoms in total. The van der Waals surface area contributed by atoms with Gasteiger partial charge in [-0.2, -0.15) is 0 Å². The molecule has 1 heterocycles. The predicted molar refractivity (Wildman–Crippen MR) is 49.9 cm³/mol. The Morgan fingerprint density at radius 1 is 1.58 bits per heavy atom. The van der Waals surface area contributed by atoms with E-state index in [0.29, 0.717) is 18.7 Å². The molecule has 1 aliphatic rings. The van der Waals surface area contributed by atoms with Crippen molar-refractivity contribution >= 4 is 0 Å². The summed E-state index contributed by atoms with van der Waals surface area (Å²) in [6, 6.07) is 0.822. The Bertz CT molecular complexity index is 130. The number of likely N-dealkylation sites (tertiary alicyclic amines) is 1. The molecule has 72 valence electrons. The van der Waals surface area contributed by atoms with E-state index in [4.69, 9.17) is 10.8 Å². The molecule has 0 aromatic rings. The van der Waals surface area contributed by atoms with Crippen LogP contribution in [0.1, 0.15) is 26.2 Å². The summed E-state index contributed by atoms with van der Waals surface area (Å²) >= 11 is 0. The van der Waals surface area contributed by atoms with Gasteiger partial charge in [0.25, 0.3) is 0 Å². The molecule has 3 N–H and O–H groups in total. The number of aliphatic hydroxyl groups is 1. The molecule has 3 heteroatoms. The van der Waals surface area contributed by atoms with Crippen molar-refractivity contribution in [3.05, 3.63) is 0 Å². The highest BCUT2D eigenvalue weighted by atomic mass is 16.3. The molecule has 0 aliphatic carbocycles. The number of piperidine rings is 1. The maximum Gasteiger partial charge on any atom is 0.0443 e. The molecule has 0 spiro atoms. The summed E-state index contributed by atoms with van der Waals surface area (Å²) in [5.41, 5.74) is 5.94. The van der Waals surface area contributed by atoms with Gasteiger partial charge < -0.3 is 10.8 Å². The third-order valence-corrected chi connectivity index (χ3v) is 2.78. The Labute approximate surface area is 74.5 Å². The molecule has 1 fully saturated rings. The molecule has 1 aliphatic heterocycles. The topological polar surface area (TPSA) is 49.5 Å². The maximum absolute atomic E-state index is 8.69. The molecule has 1 rings (SSSR count). The summed E-state index contributed by atoms with van der Waals surface area (Å²) in [6.45, 7) is 4.61. The fourth-order valence-corrected chi connectivity index (χ4v) is 1.83.